The minimum Gasteiger partial charge on any atom is -0.490 e. The molecule has 2 amide bonds. The van der Waals surface area contributed by atoms with Gasteiger partial charge >= 0.3 is 6.09 Å². The highest BCUT2D eigenvalue weighted by atomic mass is 79.9. The van der Waals surface area contributed by atoms with Crippen LogP contribution < -0.4 is 19.7 Å². The van der Waals surface area contributed by atoms with Crippen LogP contribution in [0.4, 0.5) is 10.5 Å². The van der Waals surface area contributed by atoms with Gasteiger partial charge in [-0.1, -0.05) is 42.1 Å². The van der Waals surface area contributed by atoms with Gasteiger partial charge in [-0.05, 0) is 56.1 Å². The Balaban J connectivity index is 1.73. The monoisotopic (exact) mass is 681 g/mol. The van der Waals surface area contributed by atoms with E-state index >= 15 is 0 Å². The number of thioether (sulfide) groups is 1. The van der Waals surface area contributed by atoms with Gasteiger partial charge in [0.05, 0.1) is 36.4 Å². The Hall–Kier alpha value is -2.77. The average Bonchev–Trinajstić information content (AvgIpc) is 3.35. The average molecular weight is 683 g/mol. The third-order valence-electron chi connectivity index (χ3n) is 6.42. The van der Waals surface area contributed by atoms with Gasteiger partial charge in [-0.2, -0.15) is 4.99 Å². The third-order valence-corrected chi connectivity index (χ3v) is 10.3. The van der Waals surface area contributed by atoms with Gasteiger partial charge in [-0.3, -0.25) is 4.79 Å². The van der Waals surface area contributed by atoms with Crippen LogP contribution >= 0.6 is 27.7 Å². The quantitative estimate of drug-likeness (QED) is 0.390. The number of amidine groups is 1. The zero-order chi connectivity index (χ0) is 30.7. The number of halogens is 1. The van der Waals surface area contributed by atoms with Crippen LogP contribution in [0.1, 0.15) is 40.2 Å². The number of rotatable bonds is 9. The summed E-state index contributed by atoms with van der Waals surface area (Å²) < 4.78 is 42.9. The number of hydrogen-bond acceptors (Lipinski definition) is 8. The van der Waals surface area contributed by atoms with Gasteiger partial charge in [0, 0.05) is 28.3 Å². The van der Waals surface area contributed by atoms with Crippen molar-refractivity contribution in [3.63, 3.8) is 0 Å². The molecule has 0 saturated carbocycles. The van der Waals surface area contributed by atoms with Crippen molar-refractivity contribution in [2.45, 2.75) is 64.0 Å². The number of alkyl carbamates (subject to hydrolysis) is 1. The minimum atomic E-state index is -3.29. The van der Waals surface area contributed by atoms with Crippen LogP contribution in [-0.2, 0) is 25.8 Å². The number of nitrogens with one attached hydrogen (secondary N) is 1. The minimum absolute atomic E-state index is 0.0252. The van der Waals surface area contributed by atoms with Gasteiger partial charge < -0.3 is 24.4 Å². The second kappa shape index (κ2) is 13.3. The number of nitrogens with zero attached hydrogens (tertiary/aromatic N) is 2. The van der Waals surface area contributed by atoms with E-state index in [0.29, 0.717) is 40.0 Å². The first kappa shape index (κ1) is 32.2. The number of anilines is 1. The first-order chi connectivity index (χ1) is 19.8. The zero-order valence-corrected chi connectivity index (χ0v) is 27.5. The maximum Gasteiger partial charge on any atom is 0.408 e. The van der Waals surface area contributed by atoms with Crippen LogP contribution in [0.15, 0.2) is 51.9 Å². The number of carbonyl (C=O) groups is 2. The van der Waals surface area contributed by atoms with E-state index in [1.807, 2.05) is 44.2 Å². The summed E-state index contributed by atoms with van der Waals surface area (Å²) >= 11 is 4.87. The van der Waals surface area contributed by atoms with Crippen molar-refractivity contribution >= 4 is 60.4 Å². The van der Waals surface area contributed by atoms with Crippen molar-refractivity contribution in [1.29, 1.82) is 0 Å². The smallest absolute Gasteiger partial charge is 0.408 e. The topological polar surface area (TPSA) is 124 Å². The number of sulfone groups is 1. The summed E-state index contributed by atoms with van der Waals surface area (Å²) in [7, 11) is -3.29. The Morgan fingerprint density at radius 1 is 1.10 bits per heavy atom. The second-order valence-corrected chi connectivity index (χ2v) is 15.1. The van der Waals surface area contributed by atoms with E-state index in [2.05, 4.69) is 26.2 Å². The first-order valence-corrected chi connectivity index (χ1v) is 17.2. The van der Waals surface area contributed by atoms with Crippen LogP contribution in [0, 0.1) is 0 Å². The normalized spacial score (nSPS) is 21.1. The first-order valence-electron chi connectivity index (χ1n) is 13.7. The van der Waals surface area contributed by atoms with Crippen molar-refractivity contribution < 1.29 is 32.2 Å². The summed E-state index contributed by atoms with van der Waals surface area (Å²) in [5, 5.41) is 2.72. The van der Waals surface area contributed by atoms with Crippen LogP contribution in [0.5, 0.6) is 11.5 Å². The molecule has 1 N–H and O–H groups in total. The molecule has 42 heavy (non-hydrogen) atoms. The number of aliphatic imine (C=N–C) groups is 1. The number of hydrogen-bond donors (Lipinski definition) is 1. The van der Waals surface area contributed by atoms with E-state index in [-0.39, 0.29) is 23.2 Å². The molecule has 2 fully saturated rings. The lowest BCUT2D eigenvalue weighted by molar-refractivity contribution is -0.119. The van der Waals surface area contributed by atoms with E-state index in [4.69, 9.17) is 14.2 Å². The Labute approximate surface area is 259 Å². The molecule has 2 aromatic rings. The number of ether oxygens (including phenoxy) is 3. The molecular weight excluding hydrogens is 646 g/mol. The second-order valence-electron chi connectivity index (χ2n) is 10.9. The fraction of sp³-hybridized carbons (Fsp3) is 0.483. The van der Waals surface area contributed by atoms with E-state index in [0.717, 1.165) is 5.56 Å². The molecule has 0 spiro atoms. The Morgan fingerprint density at radius 2 is 1.74 bits per heavy atom. The van der Waals surface area contributed by atoms with Crippen molar-refractivity contribution in [2.75, 3.05) is 29.6 Å². The Kier molecular flexibility index (Phi) is 10.1. The molecule has 2 aliphatic heterocycles. The van der Waals surface area contributed by atoms with Crippen LogP contribution in [0.3, 0.4) is 0 Å². The summed E-state index contributed by atoms with van der Waals surface area (Å²) in [4.78, 5) is 32.7. The molecule has 2 heterocycles. The van der Waals surface area contributed by atoms with E-state index in [1.165, 1.54) is 11.8 Å². The molecule has 0 aromatic heterocycles. The molecule has 10 nitrogen and oxygen atoms in total. The molecule has 2 aromatic carbocycles. The maximum absolute atomic E-state index is 13.7. The molecule has 13 heteroatoms. The van der Waals surface area contributed by atoms with E-state index in [9.17, 15) is 18.0 Å². The zero-order valence-electron chi connectivity index (χ0n) is 24.3. The molecule has 2 aliphatic rings. The highest BCUT2D eigenvalue weighted by Crippen LogP contribution is 2.46. The van der Waals surface area contributed by atoms with Crippen LogP contribution in [-0.4, -0.2) is 73.2 Å². The highest BCUT2D eigenvalue weighted by Gasteiger charge is 2.50. The summed E-state index contributed by atoms with van der Waals surface area (Å²) in [5.74, 6) is 0.350. The molecule has 0 unspecified atom stereocenters. The van der Waals surface area contributed by atoms with Gasteiger partial charge in [0.2, 0.25) is 0 Å². The fourth-order valence-corrected chi connectivity index (χ4v) is 9.19. The predicted molar refractivity (Wildman–Crippen MR) is 169 cm³/mol. The van der Waals surface area contributed by atoms with Crippen molar-refractivity contribution in [3.8, 4) is 11.5 Å². The predicted octanol–water partition coefficient (Wildman–Crippen LogP) is 4.98. The fourth-order valence-electron chi connectivity index (χ4n) is 4.76. The Morgan fingerprint density at radius 3 is 2.36 bits per heavy atom. The number of amides is 2. The lowest BCUT2D eigenvalue weighted by atomic mass is 10.1. The number of benzene rings is 2. The standard InChI is InChI=1S/C29H36BrN3O7S2/c1-6-38-23-14-19(30)21(15-24(23)39-7-2)33-22-16-42(36,37)17-25(22)41-27(33)32-26(34)20(13-18-11-9-8-10-12-18)31-28(35)40-29(3,4)5/h8-12,14-15,20,22,25H,6-7,13,16-17H2,1-5H3,(H,31,35)/t20-,22-,25-/m1/s1. The van der Waals surface area contributed by atoms with E-state index < -0.39 is 39.5 Å². The largest absolute Gasteiger partial charge is 0.490 e. The van der Waals surface area contributed by atoms with Crippen molar-refractivity contribution in [3.05, 3.63) is 52.5 Å². The summed E-state index contributed by atoms with van der Waals surface area (Å²) in [5.41, 5.74) is 0.683. The van der Waals surface area contributed by atoms with E-state index in [1.54, 1.807) is 37.8 Å². The van der Waals surface area contributed by atoms with Gasteiger partial charge in [0.1, 0.15) is 11.6 Å². The van der Waals surface area contributed by atoms with Crippen molar-refractivity contribution in [2.24, 2.45) is 4.99 Å². The van der Waals surface area contributed by atoms with Crippen LogP contribution in [0.2, 0.25) is 0 Å². The molecule has 0 radical (unpaired) electrons. The summed E-state index contributed by atoms with van der Waals surface area (Å²) in [6, 6.07) is 11.4. The molecule has 0 bridgehead atoms. The third kappa shape index (κ3) is 7.99. The molecule has 2 saturated heterocycles. The number of carbonyl (C=O) groups excluding carboxylic acids is 2. The van der Waals surface area contributed by atoms with Crippen molar-refractivity contribution in [1.82, 2.24) is 5.32 Å². The van der Waals surface area contributed by atoms with Gasteiger partial charge in [0.15, 0.2) is 26.5 Å². The summed E-state index contributed by atoms with van der Waals surface area (Å²) in [6.45, 7) is 9.79. The molecule has 228 valence electrons. The van der Waals surface area contributed by atoms with Gasteiger partial charge in [-0.15, -0.1) is 0 Å². The SMILES string of the molecule is CCOc1cc(Br)c(N2C(=NC(=O)[C@@H](Cc3ccccc3)NC(=O)OC(C)(C)C)S[C@@H]3CS(=O)(=O)C[C@H]32)cc1OCC. The highest BCUT2D eigenvalue weighted by molar-refractivity contribution is 9.10. The number of fused-ring (bicyclic) bond motifs is 1. The Bertz CT molecular complexity index is 1450. The van der Waals surface area contributed by atoms with Gasteiger partial charge in [0.25, 0.3) is 5.91 Å². The molecule has 3 atom stereocenters. The maximum atomic E-state index is 13.7. The van der Waals surface area contributed by atoms with Crippen LogP contribution in [0.25, 0.3) is 0 Å². The molecule has 4 rings (SSSR count). The summed E-state index contributed by atoms with van der Waals surface area (Å²) in [6.07, 6.45) is -0.533. The molecule has 0 aliphatic carbocycles. The van der Waals surface area contributed by atoms with Gasteiger partial charge in [-0.25, -0.2) is 13.2 Å². The molecular formula is C29H36BrN3O7S2. The lowest BCUT2D eigenvalue weighted by Crippen LogP contribution is -2.45. The lowest BCUT2D eigenvalue weighted by Gasteiger charge is -2.27.